The molecule has 0 radical (unpaired) electrons. The van der Waals surface area contributed by atoms with E-state index in [9.17, 15) is 9.59 Å². The van der Waals surface area contributed by atoms with Gasteiger partial charge in [0, 0.05) is 38.6 Å². The number of carbonyl (C=O) groups is 2. The van der Waals surface area contributed by atoms with Crippen LogP contribution in [0, 0.1) is 0 Å². The average Bonchev–Trinajstić information content (AvgIpc) is 2.46. The van der Waals surface area contributed by atoms with Crippen molar-refractivity contribution in [3.8, 4) is 0 Å². The number of nitrogens with zero attached hydrogens (tertiary/aromatic N) is 2. The summed E-state index contributed by atoms with van der Waals surface area (Å²) in [5.41, 5.74) is 6.20. The van der Waals surface area contributed by atoms with E-state index >= 15 is 0 Å². The summed E-state index contributed by atoms with van der Waals surface area (Å²) in [4.78, 5) is 26.8. The van der Waals surface area contributed by atoms with Gasteiger partial charge in [-0.2, -0.15) is 0 Å². The molecule has 1 unspecified atom stereocenters. The fraction of sp³-hybridized carbons (Fsp3) is 0.467. The largest absolute Gasteiger partial charge is 0.351 e. The summed E-state index contributed by atoms with van der Waals surface area (Å²) in [7, 11) is 2.10. The molecule has 2 rings (SSSR count). The number of likely N-dealkylation sites (N-methyl/N-ethyl adjacent to an activating group) is 1. The summed E-state index contributed by atoms with van der Waals surface area (Å²) in [5.74, 6) is -0.326. The van der Waals surface area contributed by atoms with Crippen LogP contribution in [0.3, 0.4) is 0 Å². The minimum absolute atomic E-state index is 0.270. The first kappa shape index (κ1) is 15.5. The number of hydrogen-bond acceptors (Lipinski definition) is 4. The standard InChI is InChI=1S/C15H22N4O2/c1-18-9-10-19(8-7-14(20)17-15(16)21)13(11-18)12-5-3-2-4-6-12/h2-6,13H,7-11H2,1H3,(H3,16,17,20,21). The number of primary amides is 1. The van der Waals surface area contributed by atoms with E-state index < -0.39 is 6.03 Å². The Balaban J connectivity index is 1.99. The minimum atomic E-state index is -0.794. The lowest BCUT2D eigenvalue weighted by molar-refractivity contribution is -0.120. The number of urea groups is 1. The number of hydrogen-bond donors (Lipinski definition) is 2. The van der Waals surface area contributed by atoms with Gasteiger partial charge in [-0.25, -0.2) is 4.79 Å². The van der Waals surface area contributed by atoms with E-state index in [2.05, 4.69) is 34.3 Å². The Hall–Kier alpha value is -1.92. The Labute approximate surface area is 124 Å². The highest BCUT2D eigenvalue weighted by atomic mass is 16.2. The van der Waals surface area contributed by atoms with Crippen LogP contribution in [0.1, 0.15) is 18.0 Å². The number of imide groups is 1. The molecular formula is C15H22N4O2. The van der Waals surface area contributed by atoms with Crippen LogP contribution in [-0.2, 0) is 4.79 Å². The third kappa shape index (κ3) is 4.54. The molecule has 0 aromatic heterocycles. The van der Waals surface area contributed by atoms with Gasteiger partial charge in [-0.1, -0.05) is 30.3 Å². The van der Waals surface area contributed by atoms with E-state index in [0.717, 1.165) is 19.6 Å². The summed E-state index contributed by atoms with van der Waals surface area (Å²) >= 11 is 0. The maximum Gasteiger partial charge on any atom is 0.318 e. The second-order valence-corrected chi connectivity index (χ2v) is 5.39. The third-order valence-electron chi connectivity index (χ3n) is 3.77. The molecule has 1 fully saturated rings. The molecule has 1 atom stereocenters. The zero-order valence-corrected chi connectivity index (χ0v) is 12.3. The van der Waals surface area contributed by atoms with Crippen LogP contribution in [0.4, 0.5) is 4.79 Å². The maximum atomic E-state index is 11.6. The van der Waals surface area contributed by atoms with E-state index in [1.807, 2.05) is 18.2 Å². The molecule has 1 aliphatic heterocycles. The van der Waals surface area contributed by atoms with Crippen molar-refractivity contribution in [3.05, 3.63) is 35.9 Å². The summed E-state index contributed by atoms with van der Waals surface area (Å²) in [6.45, 7) is 3.43. The highest BCUT2D eigenvalue weighted by Crippen LogP contribution is 2.24. The Morgan fingerprint density at radius 2 is 2.00 bits per heavy atom. The zero-order chi connectivity index (χ0) is 15.2. The second kappa shape index (κ2) is 7.19. The van der Waals surface area contributed by atoms with Gasteiger partial charge in [-0.15, -0.1) is 0 Å². The topological polar surface area (TPSA) is 78.7 Å². The monoisotopic (exact) mass is 290 g/mol. The van der Waals surface area contributed by atoms with Crippen molar-refractivity contribution in [2.24, 2.45) is 5.73 Å². The van der Waals surface area contributed by atoms with Crippen LogP contribution in [-0.4, -0.2) is 55.0 Å². The highest BCUT2D eigenvalue weighted by molar-refractivity contribution is 5.93. The first-order valence-electron chi connectivity index (χ1n) is 7.13. The first-order chi connectivity index (χ1) is 10.1. The molecule has 1 saturated heterocycles. The molecular weight excluding hydrogens is 268 g/mol. The molecule has 21 heavy (non-hydrogen) atoms. The van der Waals surface area contributed by atoms with Crippen LogP contribution in [0.2, 0.25) is 0 Å². The molecule has 114 valence electrons. The van der Waals surface area contributed by atoms with Crippen molar-refractivity contribution in [3.63, 3.8) is 0 Å². The van der Waals surface area contributed by atoms with Gasteiger partial charge in [-0.05, 0) is 12.6 Å². The first-order valence-corrected chi connectivity index (χ1v) is 7.13. The van der Waals surface area contributed by atoms with Crippen molar-refractivity contribution < 1.29 is 9.59 Å². The molecule has 0 aliphatic carbocycles. The maximum absolute atomic E-state index is 11.6. The fourth-order valence-corrected chi connectivity index (χ4v) is 2.66. The van der Waals surface area contributed by atoms with Gasteiger partial charge in [0.1, 0.15) is 0 Å². The SMILES string of the molecule is CN1CCN(CCC(=O)NC(N)=O)C(c2ccccc2)C1. The molecule has 0 spiro atoms. The number of nitrogens with one attached hydrogen (secondary N) is 1. The van der Waals surface area contributed by atoms with Crippen LogP contribution in [0.15, 0.2) is 30.3 Å². The third-order valence-corrected chi connectivity index (χ3v) is 3.77. The molecule has 3 N–H and O–H groups in total. The van der Waals surface area contributed by atoms with Crippen molar-refractivity contribution in [2.45, 2.75) is 12.5 Å². The van der Waals surface area contributed by atoms with Gasteiger partial charge in [0.2, 0.25) is 5.91 Å². The van der Waals surface area contributed by atoms with Crippen LogP contribution in [0.25, 0.3) is 0 Å². The minimum Gasteiger partial charge on any atom is -0.351 e. The fourth-order valence-electron chi connectivity index (χ4n) is 2.66. The van der Waals surface area contributed by atoms with E-state index in [-0.39, 0.29) is 18.4 Å². The van der Waals surface area contributed by atoms with Gasteiger partial charge in [0.15, 0.2) is 0 Å². The lowest BCUT2D eigenvalue weighted by Crippen LogP contribution is -2.48. The molecule has 1 aliphatic rings. The number of piperazine rings is 1. The van der Waals surface area contributed by atoms with Gasteiger partial charge in [0.25, 0.3) is 0 Å². The Kier molecular flexibility index (Phi) is 5.30. The number of rotatable bonds is 4. The normalized spacial score (nSPS) is 20.1. The van der Waals surface area contributed by atoms with Crippen LogP contribution < -0.4 is 11.1 Å². The quantitative estimate of drug-likeness (QED) is 0.849. The summed E-state index contributed by atoms with van der Waals surface area (Å²) < 4.78 is 0. The molecule has 6 heteroatoms. The molecule has 1 aromatic rings. The van der Waals surface area contributed by atoms with Crippen molar-refractivity contribution in [1.82, 2.24) is 15.1 Å². The van der Waals surface area contributed by atoms with Crippen molar-refractivity contribution in [1.29, 1.82) is 0 Å². The average molecular weight is 290 g/mol. The van der Waals surface area contributed by atoms with Gasteiger partial charge >= 0.3 is 6.03 Å². The Bertz CT molecular complexity index is 492. The predicted molar refractivity (Wildman–Crippen MR) is 80.6 cm³/mol. The van der Waals surface area contributed by atoms with E-state index in [1.54, 1.807) is 0 Å². The van der Waals surface area contributed by atoms with E-state index in [0.29, 0.717) is 6.54 Å². The lowest BCUT2D eigenvalue weighted by atomic mass is 10.0. The van der Waals surface area contributed by atoms with Crippen LogP contribution >= 0.6 is 0 Å². The Morgan fingerprint density at radius 1 is 1.29 bits per heavy atom. The summed E-state index contributed by atoms with van der Waals surface area (Å²) in [5, 5.41) is 2.11. The smallest absolute Gasteiger partial charge is 0.318 e. The highest BCUT2D eigenvalue weighted by Gasteiger charge is 2.26. The second-order valence-electron chi connectivity index (χ2n) is 5.39. The summed E-state index contributed by atoms with van der Waals surface area (Å²) in [6, 6.07) is 9.76. The molecule has 6 nitrogen and oxygen atoms in total. The van der Waals surface area contributed by atoms with Gasteiger partial charge in [-0.3, -0.25) is 15.0 Å². The van der Waals surface area contributed by atoms with Gasteiger partial charge < -0.3 is 10.6 Å². The molecule has 1 heterocycles. The van der Waals surface area contributed by atoms with Crippen LogP contribution in [0.5, 0.6) is 0 Å². The number of amides is 3. The number of benzene rings is 1. The molecule has 1 aromatic carbocycles. The molecule has 3 amide bonds. The molecule has 0 bridgehead atoms. The van der Waals surface area contributed by atoms with Gasteiger partial charge in [0.05, 0.1) is 0 Å². The number of nitrogens with two attached hydrogens (primary N) is 1. The number of carbonyl (C=O) groups excluding carboxylic acids is 2. The zero-order valence-electron chi connectivity index (χ0n) is 12.3. The van der Waals surface area contributed by atoms with E-state index in [4.69, 9.17) is 5.73 Å². The molecule has 0 saturated carbocycles. The van der Waals surface area contributed by atoms with Crippen molar-refractivity contribution in [2.75, 3.05) is 33.2 Å². The predicted octanol–water partition coefficient (Wildman–Crippen LogP) is 0.560. The van der Waals surface area contributed by atoms with Crippen molar-refractivity contribution >= 4 is 11.9 Å². The Morgan fingerprint density at radius 3 is 2.67 bits per heavy atom. The lowest BCUT2D eigenvalue weighted by Gasteiger charge is -2.40. The summed E-state index contributed by atoms with van der Waals surface area (Å²) in [6.07, 6.45) is 0.274. The van der Waals surface area contributed by atoms with E-state index in [1.165, 1.54) is 5.56 Å².